The van der Waals surface area contributed by atoms with Crippen LogP contribution in [-0.2, 0) is 0 Å². The Morgan fingerprint density at radius 3 is 2.06 bits per heavy atom. The van der Waals surface area contributed by atoms with Crippen molar-refractivity contribution in [2.24, 2.45) is 10.8 Å². The molecule has 4 nitrogen and oxygen atoms in total. The molecule has 17 heavy (non-hydrogen) atoms. The lowest BCUT2D eigenvalue weighted by Crippen LogP contribution is -2.46. The third-order valence-corrected chi connectivity index (χ3v) is 3.97. The molecular formula is C13H26N4. The van der Waals surface area contributed by atoms with Crippen molar-refractivity contribution in [3.8, 4) is 0 Å². The topological polar surface area (TPSA) is 62.4 Å². The fourth-order valence-corrected chi connectivity index (χ4v) is 2.95. The van der Waals surface area contributed by atoms with Gasteiger partial charge in [-0.05, 0) is 25.7 Å². The number of nitrogens with one attached hydrogen (secondary N) is 2. The van der Waals surface area contributed by atoms with Crippen molar-refractivity contribution in [1.29, 1.82) is 0 Å². The van der Waals surface area contributed by atoms with E-state index in [1.807, 2.05) is 0 Å². The van der Waals surface area contributed by atoms with Gasteiger partial charge in [0.1, 0.15) is 0 Å². The van der Waals surface area contributed by atoms with Crippen molar-refractivity contribution in [3.63, 3.8) is 0 Å². The van der Waals surface area contributed by atoms with Gasteiger partial charge in [0.15, 0.2) is 0 Å². The summed E-state index contributed by atoms with van der Waals surface area (Å²) >= 11 is 0. The monoisotopic (exact) mass is 238 g/mol. The van der Waals surface area contributed by atoms with Crippen LogP contribution in [0.3, 0.4) is 0 Å². The normalized spacial score (nSPS) is 24.6. The molecule has 2 rings (SSSR count). The maximum absolute atomic E-state index is 5.56. The van der Waals surface area contributed by atoms with Crippen LogP contribution in [0.25, 0.3) is 0 Å². The highest BCUT2D eigenvalue weighted by Crippen LogP contribution is 2.21. The second-order valence-corrected chi connectivity index (χ2v) is 5.39. The molecule has 0 aromatic heterocycles. The Balaban J connectivity index is 1.84. The molecule has 0 amide bonds. The zero-order valence-corrected chi connectivity index (χ0v) is 10.8. The van der Waals surface area contributed by atoms with Gasteiger partial charge in [-0.25, -0.2) is 10.8 Å². The first-order valence-electron chi connectivity index (χ1n) is 7.19. The lowest BCUT2D eigenvalue weighted by atomic mass is 10.1. The van der Waals surface area contributed by atoms with E-state index in [-0.39, 0.29) is 0 Å². The van der Waals surface area contributed by atoms with Crippen LogP contribution in [0.4, 0.5) is 0 Å². The summed E-state index contributed by atoms with van der Waals surface area (Å²) in [6.45, 7) is 0. The van der Waals surface area contributed by atoms with Gasteiger partial charge in [-0.3, -0.25) is 5.43 Å². The minimum Gasteiger partial charge on any atom is -0.353 e. The zero-order chi connectivity index (χ0) is 11.9. The minimum atomic E-state index is 0.485. The maximum Gasteiger partial charge on any atom is 0.206 e. The smallest absolute Gasteiger partial charge is 0.206 e. The second-order valence-electron chi connectivity index (χ2n) is 5.39. The van der Waals surface area contributed by atoms with E-state index in [4.69, 9.17) is 5.84 Å². The molecule has 2 saturated carbocycles. The molecule has 0 bridgehead atoms. The molecule has 0 unspecified atom stereocenters. The number of hydrazine groups is 1. The number of nitrogens with zero attached hydrogens (tertiary/aromatic N) is 1. The van der Waals surface area contributed by atoms with Crippen molar-refractivity contribution in [2.75, 3.05) is 0 Å². The molecule has 2 aliphatic carbocycles. The Kier molecular flexibility index (Phi) is 5.10. The van der Waals surface area contributed by atoms with Gasteiger partial charge in [-0.2, -0.15) is 0 Å². The van der Waals surface area contributed by atoms with E-state index in [0.29, 0.717) is 12.1 Å². The summed E-state index contributed by atoms with van der Waals surface area (Å²) in [5, 5.41) is 3.49. The van der Waals surface area contributed by atoms with Crippen molar-refractivity contribution in [1.82, 2.24) is 10.7 Å². The highest BCUT2D eigenvalue weighted by molar-refractivity contribution is 5.79. The van der Waals surface area contributed by atoms with Crippen molar-refractivity contribution >= 4 is 5.96 Å². The summed E-state index contributed by atoms with van der Waals surface area (Å²) in [6, 6.07) is 1.05. The SMILES string of the molecule is NNC(=NC1CCCC1)NC1CCCCCC1. The number of hydrogen-bond acceptors (Lipinski definition) is 2. The average molecular weight is 238 g/mol. The fraction of sp³-hybridized carbons (Fsp3) is 0.923. The molecule has 0 radical (unpaired) electrons. The summed E-state index contributed by atoms with van der Waals surface area (Å²) in [6.07, 6.45) is 13.0. The zero-order valence-electron chi connectivity index (χ0n) is 10.8. The summed E-state index contributed by atoms with van der Waals surface area (Å²) in [4.78, 5) is 4.69. The number of hydrogen-bond donors (Lipinski definition) is 3. The van der Waals surface area contributed by atoms with Crippen LogP contribution < -0.4 is 16.6 Å². The van der Waals surface area contributed by atoms with Crippen LogP contribution in [0.5, 0.6) is 0 Å². The number of aliphatic imine (C=N–C) groups is 1. The summed E-state index contributed by atoms with van der Waals surface area (Å²) in [7, 11) is 0. The molecule has 0 aliphatic heterocycles. The number of rotatable bonds is 2. The molecular weight excluding hydrogens is 212 g/mol. The predicted octanol–water partition coefficient (Wildman–Crippen LogP) is 2.06. The first kappa shape index (κ1) is 12.7. The molecule has 0 aromatic carbocycles. The summed E-state index contributed by atoms with van der Waals surface area (Å²) < 4.78 is 0. The third-order valence-electron chi connectivity index (χ3n) is 3.97. The van der Waals surface area contributed by atoms with Crippen LogP contribution in [0, 0.1) is 0 Å². The van der Waals surface area contributed by atoms with Gasteiger partial charge >= 0.3 is 0 Å². The molecule has 0 heterocycles. The maximum atomic E-state index is 5.56. The van der Waals surface area contributed by atoms with Crippen molar-refractivity contribution in [3.05, 3.63) is 0 Å². The van der Waals surface area contributed by atoms with E-state index >= 15 is 0 Å². The molecule has 0 spiro atoms. The molecule has 2 fully saturated rings. The molecule has 0 atom stereocenters. The lowest BCUT2D eigenvalue weighted by molar-refractivity contribution is 0.521. The standard InChI is InChI=1S/C13H26N4/c14-17-13(16-12-9-5-6-10-12)15-11-7-3-1-2-4-8-11/h11-12H,1-10,14H2,(H2,15,16,17). The van der Waals surface area contributed by atoms with Crippen molar-refractivity contribution in [2.45, 2.75) is 76.3 Å². The number of nitrogens with two attached hydrogens (primary N) is 1. The van der Waals surface area contributed by atoms with Crippen molar-refractivity contribution < 1.29 is 0 Å². The molecule has 2 aliphatic rings. The first-order chi connectivity index (χ1) is 8.38. The van der Waals surface area contributed by atoms with Crippen LogP contribution in [0.1, 0.15) is 64.2 Å². The average Bonchev–Trinajstić information content (AvgIpc) is 2.71. The minimum absolute atomic E-state index is 0.485. The molecule has 4 N–H and O–H groups in total. The van der Waals surface area contributed by atoms with Gasteiger partial charge in [0.25, 0.3) is 0 Å². The highest BCUT2D eigenvalue weighted by atomic mass is 15.3. The predicted molar refractivity (Wildman–Crippen MR) is 71.6 cm³/mol. The number of guanidine groups is 1. The quantitative estimate of drug-likeness (QED) is 0.227. The largest absolute Gasteiger partial charge is 0.353 e. The van der Waals surface area contributed by atoms with E-state index in [9.17, 15) is 0 Å². The van der Waals surface area contributed by atoms with Gasteiger partial charge < -0.3 is 5.32 Å². The van der Waals surface area contributed by atoms with Gasteiger partial charge in [-0.15, -0.1) is 0 Å². The van der Waals surface area contributed by atoms with Gasteiger partial charge in [-0.1, -0.05) is 38.5 Å². The molecule has 0 saturated heterocycles. The Hall–Kier alpha value is -0.770. The third kappa shape index (κ3) is 4.19. The van der Waals surface area contributed by atoms with E-state index in [0.717, 1.165) is 5.96 Å². The van der Waals surface area contributed by atoms with Gasteiger partial charge in [0, 0.05) is 6.04 Å². The van der Waals surface area contributed by atoms with E-state index < -0.39 is 0 Å². The fourth-order valence-electron chi connectivity index (χ4n) is 2.95. The Morgan fingerprint density at radius 1 is 0.882 bits per heavy atom. The second kappa shape index (κ2) is 6.84. The Labute approximate surface area is 104 Å². The molecule has 4 heteroatoms. The Bertz CT molecular complexity index is 238. The van der Waals surface area contributed by atoms with Crippen LogP contribution >= 0.6 is 0 Å². The lowest BCUT2D eigenvalue weighted by Gasteiger charge is -2.19. The Morgan fingerprint density at radius 2 is 1.47 bits per heavy atom. The molecule has 0 aromatic rings. The van der Waals surface area contributed by atoms with Crippen LogP contribution in [0.15, 0.2) is 4.99 Å². The van der Waals surface area contributed by atoms with Crippen LogP contribution in [0.2, 0.25) is 0 Å². The van der Waals surface area contributed by atoms with Gasteiger partial charge in [0.2, 0.25) is 5.96 Å². The summed E-state index contributed by atoms with van der Waals surface area (Å²) in [5.74, 6) is 6.37. The summed E-state index contributed by atoms with van der Waals surface area (Å²) in [5.41, 5.74) is 2.74. The highest BCUT2D eigenvalue weighted by Gasteiger charge is 2.17. The van der Waals surface area contributed by atoms with E-state index in [1.165, 1.54) is 64.2 Å². The first-order valence-corrected chi connectivity index (χ1v) is 7.19. The van der Waals surface area contributed by atoms with Gasteiger partial charge in [0.05, 0.1) is 6.04 Å². The van der Waals surface area contributed by atoms with E-state index in [2.05, 4.69) is 15.7 Å². The van der Waals surface area contributed by atoms with E-state index in [1.54, 1.807) is 0 Å². The molecule has 98 valence electrons. The van der Waals surface area contributed by atoms with Crippen LogP contribution in [-0.4, -0.2) is 18.0 Å².